The molecule has 3 fully saturated rings. The highest BCUT2D eigenvalue weighted by molar-refractivity contribution is 6.05. The molecular weight excluding hydrogens is 743 g/mol. The summed E-state index contributed by atoms with van der Waals surface area (Å²) in [7, 11) is 0. The first-order valence-corrected chi connectivity index (χ1v) is 21.3. The third kappa shape index (κ3) is 11.0. The Hall–Kier alpha value is -5.80. The van der Waals surface area contributed by atoms with Crippen molar-refractivity contribution in [2.75, 3.05) is 57.3 Å². The number of nitrogens with one attached hydrogen (secondary N) is 2. The van der Waals surface area contributed by atoms with Crippen molar-refractivity contribution in [2.24, 2.45) is 5.92 Å². The molecule has 2 N–H and O–H groups in total. The third-order valence-electron chi connectivity index (χ3n) is 12.0. The van der Waals surface area contributed by atoms with Crippen LogP contribution >= 0.6 is 0 Å². The SMILES string of the molecule is O=C(/C=C/c1cccnc1)NCCCCC1CCN(C(=O)c2ccc(N3CCN(CCCCC#Cc4cccc5c4CN(C4CCC(=O)NC4=O)C5=O)CC3)cc2)CC1. The van der Waals surface area contributed by atoms with Gasteiger partial charge in [0.25, 0.3) is 11.8 Å². The zero-order chi connectivity index (χ0) is 41.0. The predicted octanol–water partition coefficient (Wildman–Crippen LogP) is 5.04. The molecule has 308 valence electrons. The number of hydrogen-bond acceptors (Lipinski definition) is 8. The summed E-state index contributed by atoms with van der Waals surface area (Å²) in [6.07, 6.45) is 15.3. The Morgan fingerprint density at radius 3 is 2.46 bits per heavy atom. The molecule has 12 heteroatoms. The minimum atomic E-state index is -0.629. The van der Waals surface area contributed by atoms with E-state index in [0.717, 1.165) is 125 Å². The van der Waals surface area contributed by atoms with Crippen LogP contribution in [0, 0.1) is 17.8 Å². The molecule has 0 spiro atoms. The number of piperidine rings is 2. The molecule has 3 aromatic rings. The molecule has 12 nitrogen and oxygen atoms in total. The van der Waals surface area contributed by atoms with E-state index < -0.39 is 11.9 Å². The third-order valence-corrected chi connectivity index (χ3v) is 12.0. The molecule has 1 atom stereocenters. The number of nitrogens with zero attached hydrogens (tertiary/aromatic N) is 5. The minimum absolute atomic E-state index is 0.0852. The number of fused-ring (bicyclic) bond motifs is 1. The fraction of sp³-hybridized carbons (Fsp3) is 0.447. The van der Waals surface area contributed by atoms with Gasteiger partial charge in [-0.25, -0.2) is 0 Å². The predicted molar refractivity (Wildman–Crippen MR) is 227 cm³/mol. The zero-order valence-electron chi connectivity index (χ0n) is 33.9. The second kappa shape index (κ2) is 20.3. The van der Waals surface area contributed by atoms with E-state index >= 15 is 0 Å². The average Bonchev–Trinajstić information content (AvgIpc) is 3.60. The van der Waals surface area contributed by atoms with Gasteiger partial charge in [0.05, 0.1) is 0 Å². The first-order chi connectivity index (χ1) is 28.8. The van der Waals surface area contributed by atoms with Crippen LogP contribution in [0.1, 0.15) is 102 Å². The van der Waals surface area contributed by atoms with E-state index in [1.54, 1.807) is 35.5 Å². The molecule has 1 unspecified atom stereocenters. The molecule has 0 saturated carbocycles. The number of rotatable bonds is 14. The molecule has 0 bridgehead atoms. The van der Waals surface area contributed by atoms with Crippen LogP contribution in [0.5, 0.6) is 0 Å². The van der Waals surface area contributed by atoms with Crippen molar-refractivity contribution in [1.82, 2.24) is 30.3 Å². The summed E-state index contributed by atoms with van der Waals surface area (Å²) >= 11 is 0. The van der Waals surface area contributed by atoms with Crippen LogP contribution in [0.3, 0.4) is 0 Å². The lowest BCUT2D eigenvalue weighted by Gasteiger charge is -2.36. The van der Waals surface area contributed by atoms with Crippen LogP contribution in [0.4, 0.5) is 5.69 Å². The van der Waals surface area contributed by atoms with Gasteiger partial charge in [0, 0.05) is 106 Å². The van der Waals surface area contributed by atoms with Crippen LogP contribution in [0.15, 0.2) is 73.1 Å². The number of pyridine rings is 1. The van der Waals surface area contributed by atoms with Gasteiger partial charge in [0.2, 0.25) is 17.7 Å². The van der Waals surface area contributed by atoms with Crippen molar-refractivity contribution < 1.29 is 24.0 Å². The molecule has 0 aliphatic carbocycles. The maximum atomic E-state index is 13.3. The molecule has 4 aliphatic rings. The maximum Gasteiger partial charge on any atom is 0.255 e. The smallest absolute Gasteiger partial charge is 0.255 e. The van der Waals surface area contributed by atoms with Gasteiger partial charge < -0.3 is 20.0 Å². The van der Waals surface area contributed by atoms with Crippen LogP contribution in [0.2, 0.25) is 0 Å². The normalized spacial score (nSPS) is 18.7. The van der Waals surface area contributed by atoms with E-state index in [4.69, 9.17) is 0 Å². The van der Waals surface area contributed by atoms with Crippen molar-refractivity contribution >= 4 is 41.3 Å². The Kier molecular flexibility index (Phi) is 14.2. The first kappa shape index (κ1) is 41.4. The summed E-state index contributed by atoms with van der Waals surface area (Å²) in [5.74, 6) is 6.36. The number of benzene rings is 2. The Bertz CT molecular complexity index is 2060. The largest absolute Gasteiger partial charge is 0.369 e. The van der Waals surface area contributed by atoms with Gasteiger partial charge in [-0.1, -0.05) is 36.8 Å². The monoisotopic (exact) mass is 797 g/mol. The highest BCUT2D eigenvalue weighted by Gasteiger charge is 2.39. The van der Waals surface area contributed by atoms with Crippen molar-refractivity contribution in [2.45, 2.75) is 76.8 Å². The topological polar surface area (TPSA) is 135 Å². The van der Waals surface area contributed by atoms with Crippen LogP contribution in [0.25, 0.3) is 6.08 Å². The lowest BCUT2D eigenvalue weighted by molar-refractivity contribution is -0.137. The van der Waals surface area contributed by atoms with Crippen molar-refractivity contribution in [3.8, 4) is 11.8 Å². The number of carbonyl (C=O) groups is 5. The number of amides is 5. The number of aromatic nitrogens is 1. The molecule has 1 aromatic heterocycles. The van der Waals surface area contributed by atoms with Gasteiger partial charge in [-0.2, -0.15) is 0 Å². The maximum absolute atomic E-state index is 13.3. The molecular formula is C47H55N7O5. The average molecular weight is 798 g/mol. The summed E-state index contributed by atoms with van der Waals surface area (Å²) in [6.45, 7) is 7.49. The molecule has 7 rings (SSSR count). The Balaban J connectivity index is 0.753. The van der Waals surface area contributed by atoms with E-state index in [0.29, 0.717) is 31.0 Å². The van der Waals surface area contributed by atoms with Gasteiger partial charge in [-0.05, 0) is 111 Å². The number of unbranched alkanes of at least 4 members (excludes halogenated alkanes) is 3. The van der Waals surface area contributed by atoms with Gasteiger partial charge in [-0.3, -0.25) is 39.2 Å². The molecule has 3 saturated heterocycles. The molecule has 5 amide bonds. The second-order valence-electron chi connectivity index (χ2n) is 16.0. The van der Waals surface area contributed by atoms with Gasteiger partial charge in [0.15, 0.2) is 0 Å². The summed E-state index contributed by atoms with van der Waals surface area (Å²) in [6, 6.07) is 16.8. The Labute approximate surface area is 347 Å². The minimum Gasteiger partial charge on any atom is -0.369 e. The Morgan fingerprint density at radius 2 is 1.69 bits per heavy atom. The van der Waals surface area contributed by atoms with Gasteiger partial charge in [0.1, 0.15) is 6.04 Å². The molecule has 4 aliphatic heterocycles. The fourth-order valence-corrected chi connectivity index (χ4v) is 8.54. The number of likely N-dealkylation sites (tertiary alicyclic amines) is 1. The number of hydrogen-bond donors (Lipinski definition) is 2. The standard InChI is InChI=1S/C47H55N7O5/c55-43(20-14-36-10-8-24-48-33-36)49-25-5-4-9-35-22-27-53(28-23-35)46(58)38-15-17-39(18-16-38)52-31-29-51(30-32-52)26-6-2-1-3-11-37-12-7-13-40-41(37)34-54(47(40)59)42-19-21-44(56)50-45(42)57/h7-8,10,12-18,20,24,33,35,42H,1-2,4-6,9,19,21-23,25-32,34H2,(H,49,55)(H,50,56,57)/b20-14+. The highest BCUT2D eigenvalue weighted by atomic mass is 16.2. The lowest BCUT2D eigenvalue weighted by Crippen LogP contribution is -2.52. The Morgan fingerprint density at radius 1 is 0.881 bits per heavy atom. The summed E-state index contributed by atoms with van der Waals surface area (Å²) in [5, 5.41) is 5.32. The molecule has 0 radical (unpaired) electrons. The highest BCUT2D eigenvalue weighted by Crippen LogP contribution is 2.30. The van der Waals surface area contributed by atoms with E-state index in [-0.39, 0.29) is 30.0 Å². The fourth-order valence-electron chi connectivity index (χ4n) is 8.54. The molecule has 59 heavy (non-hydrogen) atoms. The van der Waals surface area contributed by atoms with Crippen molar-refractivity contribution in [1.29, 1.82) is 0 Å². The number of carbonyl (C=O) groups excluding carboxylic acids is 5. The number of piperazine rings is 1. The number of anilines is 1. The lowest BCUT2D eigenvalue weighted by atomic mass is 9.91. The van der Waals surface area contributed by atoms with Gasteiger partial charge in [-0.15, -0.1) is 0 Å². The van der Waals surface area contributed by atoms with Crippen LogP contribution in [-0.2, 0) is 20.9 Å². The quantitative estimate of drug-likeness (QED) is 0.100. The van der Waals surface area contributed by atoms with E-state index in [1.807, 2.05) is 41.3 Å². The second-order valence-corrected chi connectivity index (χ2v) is 16.0. The van der Waals surface area contributed by atoms with E-state index in [1.165, 1.54) is 0 Å². The zero-order valence-corrected chi connectivity index (χ0v) is 33.9. The van der Waals surface area contributed by atoms with E-state index in [2.05, 4.69) is 49.4 Å². The molecule has 5 heterocycles. The summed E-state index contributed by atoms with van der Waals surface area (Å²) in [4.78, 5) is 75.1. The van der Waals surface area contributed by atoms with Crippen molar-refractivity contribution in [3.05, 3.63) is 101 Å². The van der Waals surface area contributed by atoms with Gasteiger partial charge >= 0.3 is 0 Å². The van der Waals surface area contributed by atoms with Crippen LogP contribution in [-0.4, -0.2) is 108 Å². The number of imide groups is 1. The summed E-state index contributed by atoms with van der Waals surface area (Å²) in [5.41, 5.74) is 5.09. The first-order valence-electron chi connectivity index (χ1n) is 21.3. The summed E-state index contributed by atoms with van der Waals surface area (Å²) < 4.78 is 0. The van der Waals surface area contributed by atoms with E-state index in [9.17, 15) is 24.0 Å². The molecule has 2 aromatic carbocycles. The van der Waals surface area contributed by atoms with Crippen LogP contribution < -0.4 is 15.5 Å². The van der Waals surface area contributed by atoms with Crippen molar-refractivity contribution in [3.63, 3.8) is 0 Å².